The van der Waals surface area contributed by atoms with Crippen molar-refractivity contribution in [3.63, 3.8) is 0 Å². The largest absolute Gasteiger partial charge is 0.467 e. The highest BCUT2D eigenvalue weighted by Crippen LogP contribution is 2.52. The fourth-order valence-electron chi connectivity index (χ4n) is 2.06. The van der Waals surface area contributed by atoms with Crippen molar-refractivity contribution in [1.82, 2.24) is 4.90 Å². The van der Waals surface area contributed by atoms with Crippen LogP contribution in [0.1, 0.15) is 13.8 Å². The van der Waals surface area contributed by atoms with Crippen molar-refractivity contribution in [2.45, 2.75) is 34.8 Å². The Morgan fingerprint density at radius 2 is 2.20 bits per heavy atom. The van der Waals surface area contributed by atoms with Crippen LogP contribution in [0.3, 0.4) is 0 Å². The second-order valence-corrected chi connectivity index (χ2v) is 6.94. The first-order chi connectivity index (χ1) is 6.90. The lowest BCUT2D eigenvalue weighted by atomic mass is 9.98. The molecule has 1 amide bonds. The van der Waals surface area contributed by atoms with Crippen LogP contribution < -0.4 is 0 Å². The van der Waals surface area contributed by atoms with Gasteiger partial charge in [0.15, 0.2) is 0 Å². The molecule has 3 atom stereocenters. The summed E-state index contributed by atoms with van der Waals surface area (Å²) in [6, 6.07) is -0.459. The lowest BCUT2D eigenvalue weighted by molar-refractivity contribution is -0.158. The van der Waals surface area contributed by atoms with Gasteiger partial charge in [-0.25, -0.2) is 4.79 Å². The number of hydrogen-bond acceptors (Lipinski definition) is 4. The molecule has 6 heteroatoms. The zero-order chi connectivity index (χ0) is 11.4. The van der Waals surface area contributed by atoms with Gasteiger partial charge < -0.3 is 9.64 Å². The van der Waals surface area contributed by atoms with Crippen molar-refractivity contribution in [1.29, 1.82) is 0 Å². The van der Waals surface area contributed by atoms with Gasteiger partial charge in [-0.1, -0.05) is 15.9 Å². The quantitative estimate of drug-likeness (QED) is 0.411. The molecule has 2 aliphatic heterocycles. The van der Waals surface area contributed by atoms with E-state index in [1.165, 1.54) is 7.11 Å². The van der Waals surface area contributed by atoms with E-state index in [0.29, 0.717) is 0 Å². The van der Waals surface area contributed by atoms with E-state index in [2.05, 4.69) is 15.9 Å². The van der Waals surface area contributed by atoms with Crippen LogP contribution in [0.4, 0.5) is 0 Å². The van der Waals surface area contributed by atoms with Gasteiger partial charge in [0.25, 0.3) is 0 Å². The van der Waals surface area contributed by atoms with E-state index in [0.717, 1.165) is 0 Å². The van der Waals surface area contributed by atoms with Gasteiger partial charge in [0.05, 0.1) is 7.11 Å². The van der Waals surface area contributed by atoms with Gasteiger partial charge >= 0.3 is 5.97 Å². The molecular weight excluding hydrogens is 282 g/mol. The minimum Gasteiger partial charge on any atom is -0.467 e. The van der Waals surface area contributed by atoms with Crippen LogP contribution in [-0.4, -0.2) is 44.9 Å². The number of rotatable bonds is 1. The van der Waals surface area contributed by atoms with Crippen molar-refractivity contribution in [3.8, 4) is 0 Å². The molecule has 2 fully saturated rings. The monoisotopic (exact) mass is 293 g/mol. The Morgan fingerprint density at radius 1 is 1.60 bits per heavy atom. The lowest BCUT2D eigenvalue weighted by Gasteiger charge is -2.41. The summed E-state index contributed by atoms with van der Waals surface area (Å²) in [5, 5.41) is 0.0663. The third-order valence-corrected chi connectivity index (χ3v) is 5.61. The lowest BCUT2D eigenvalue weighted by Crippen LogP contribution is -2.63. The maximum absolute atomic E-state index is 11.6. The normalized spacial score (nSPS) is 37.2. The molecule has 0 saturated carbocycles. The minimum absolute atomic E-state index is 0.0199. The van der Waals surface area contributed by atoms with Crippen LogP contribution in [0, 0.1) is 0 Å². The first kappa shape index (κ1) is 11.3. The molecule has 15 heavy (non-hydrogen) atoms. The zero-order valence-electron chi connectivity index (χ0n) is 8.69. The fourth-order valence-corrected chi connectivity index (χ4v) is 4.41. The molecule has 0 radical (unpaired) electrons. The van der Waals surface area contributed by atoms with Crippen molar-refractivity contribution >= 4 is 39.6 Å². The SMILES string of the molecule is COC(=O)C1N2C(=O)[C@H](Br)[C@H]2SC1(C)C. The molecule has 2 rings (SSSR count). The first-order valence-corrected chi connectivity index (χ1v) is 6.41. The highest BCUT2D eigenvalue weighted by Gasteiger charge is 2.63. The van der Waals surface area contributed by atoms with Crippen LogP contribution in [0.5, 0.6) is 0 Å². The van der Waals surface area contributed by atoms with Crippen molar-refractivity contribution in [2.75, 3.05) is 7.11 Å². The average molecular weight is 294 g/mol. The fraction of sp³-hybridized carbons (Fsp3) is 0.778. The number of halogens is 1. The maximum Gasteiger partial charge on any atom is 0.330 e. The molecule has 0 aliphatic carbocycles. The molecule has 0 aromatic rings. The molecule has 0 aromatic carbocycles. The Balaban J connectivity index is 2.29. The highest BCUT2D eigenvalue weighted by molar-refractivity contribution is 9.10. The summed E-state index contributed by atoms with van der Waals surface area (Å²) in [5.74, 6) is -0.351. The number of methoxy groups -OCH3 is 1. The third kappa shape index (κ3) is 1.41. The number of amides is 1. The summed E-state index contributed by atoms with van der Waals surface area (Å²) in [6.45, 7) is 3.93. The highest BCUT2D eigenvalue weighted by atomic mass is 79.9. The smallest absolute Gasteiger partial charge is 0.330 e. The van der Waals surface area contributed by atoms with E-state index >= 15 is 0 Å². The van der Waals surface area contributed by atoms with E-state index in [1.54, 1.807) is 16.7 Å². The number of carbonyl (C=O) groups excluding carboxylic acids is 2. The van der Waals surface area contributed by atoms with Crippen LogP contribution >= 0.6 is 27.7 Å². The molecule has 0 N–H and O–H groups in total. The second kappa shape index (κ2) is 3.38. The van der Waals surface area contributed by atoms with Gasteiger partial charge in [-0.05, 0) is 13.8 Å². The van der Waals surface area contributed by atoms with Gasteiger partial charge in [0, 0.05) is 4.75 Å². The van der Waals surface area contributed by atoms with Gasteiger partial charge in [-0.3, -0.25) is 4.79 Å². The number of nitrogens with zero attached hydrogens (tertiary/aromatic N) is 1. The number of carbonyl (C=O) groups is 2. The Labute approximate surface area is 101 Å². The van der Waals surface area contributed by atoms with Crippen LogP contribution in [0.25, 0.3) is 0 Å². The van der Waals surface area contributed by atoms with E-state index in [-0.39, 0.29) is 26.8 Å². The Hall–Kier alpha value is -0.230. The standard InChI is InChI=1S/C9H12BrNO3S/c1-9(2)5(8(13)14-3)11-6(12)4(10)7(11)15-9/h4-5,7H,1-3H3/t4-,5?,7+/m0/s1. The molecule has 84 valence electrons. The number of fused-ring (bicyclic) bond motifs is 1. The van der Waals surface area contributed by atoms with Gasteiger partial charge in [-0.15, -0.1) is 11.8 Å². The third-order valence-electron chi connectivity index (χ3n) is 2.80. The molecule has 2 heterocycles. The van der Waals surface area contributed by atoms with E-state index in [4.69, 9.17) is 4.74 Å². The van der Waals surface area contributed by atoms with E-state index < -0.39 is 6.04 Å². The molecular formula is C9H12BrNO3S. The zero-order valence-corrected chi connectivity index (χ0v) is 11.1. The summed E-state index contributed by atoms with van der Waals surface area (Å²) >= 11 is 4.96. The van der Waals surface area contributed by atoms with Crippen molar-refractivity contribution < 1.29 is 14.3 Å². The van der Waals surface area contributed by atoms with Crippen LogP contribution in [0.15, 0.2) is 0 Å². The first-order valence-electron chi connectivity index (χ1n) is 4.62. The summed E-state index contributed by atoms with van der Waals surface area (Å²) in [6.07, 6.45) is 0. The summed E-state index contributed by atoms with van der Waals surface area (Å²) in [5.41, 5.74) is 0. The Morgan fingerprint density at radius 3 is 2.73 bits per heavy atom. The topological polar surface area (TPSA) is 46.6 Å². The van der Waals surface area contributed by atoms with Crippen molar-refractivity contribution in [3.05, 3.63) is 0 Å². The molecule has 0 spiro atoms. The van der Waals surface area contributed by atoms with Gasteiger partial charge in [0.1, 0.15) is 16.2 Å². The van der Waals surface area contributed by atoms with E-state index in [9.17, 15) is 9.59 Å². The molecule has 1 unspecified atom stereocenters. The number of thioether (sulfide) groups is 1. The maximum atomic E-state index is 11.6. The summed E-state index contributed by atoms with van der Waals surface area (Å²) in [7, 11) is 1.35. The van der Waals surface area contributed by atoms with Crippen molar-refractivity contribution in [2.24, 2.45) is 0 Å². The number of hydrogen-bond donors (Lipinski definition) is 0. The van der Waals surface area contributed by atoms with Crippen LogP contribution in [-0.2, 0) is 14.3 Å². The summed E-state index contributed by atoms with van der Waals surface area (Å²) < 4.78 is 4.46. The van der Waals surface area contributed by atoms with E-state index in [1.807, 2.05) is 13.8 Å². The minimum atomic E-state index is -0.459. The predicted octanol–water partition coefficient (Wildman–Crippen LogP) is 0.985. The average Bonchev–Trinajstić information content (AvgIpc) is 2.45. The molecule has 2 aliphatic rings. The Bertz CT molecular complexity index is 333. The van der Waals surface area contributed by atoms with Gasteiger partial charge in [0.2, 0.25) is 5.91 Å². The number of alkyl halides is 1. The molecule has 4 nitrogen and oxygen atoms in total. The summed E-state index contributed by atoms with van der Waals surface area (Å²) in [4.78, 5) is 24.7. The number of ether oxygens (including phenoxy) is 1. The van der Waals surface area contributed by atoms with Crippen LogP contribution in [0.2, 0.25) is 0 Å². The molecule has 2 saturated heterocycles. The number of esters is 1. The molecule has 0 bridgehead atoms. The molecule has 0 aromatic heterocycles. The van der Waals surface area contributed by atoms with Gasteiger partial charge in [-0.2, -0.15) is 0 Å². The second-order valence-electron chi connectivity index (χ2n) is 4.18. The number of β-lactam (4-membered cyclic amide) rings is 1. The Kier molecular flexibility index (Phi) is 2.54. The predicted molar refractivity (Wildman–Crippen MR) is 60.8 cm³/mol.